The summed E-state index contributed by atoms with van der Waals surface area (Å²) in [5.74, 6) is 0. The predicted octanol–water partition coefficient (Wildman–Crippen LogP) is 2.47. The minimum absolute atomic E-state index is 0. The average molecular weight is 521 g/mol. The van der Waals surface area contributed by atoms with Gasteiger partial charge in [-0.2, -0.15) is 0 Å². The third kappa shape index (κ3) is 3.64. The van der Waals surface area contributed by atoms with Gasteiger partial charge in [0.05, 0.1) is 0 Å². The fourth-order valence-electron chi connectivity index (χ4n) is 2.71. The van der Waals surface area contributed by atoms with E-state index in [1.165, 1.54) is 0 Å². The molecule has 0 amide bonds. The van der Waals surface area contributed by atoms with E-state index in [-0.39, 0.29) is 20.1 Å². The number of nitrogens with zero attached hydrogens (tertiary/aromatic N) is 6. The molecule has 0 bridgehead atoms. The number of rotatable bonds is 4. The molecule has 133 valence electrons. The molecule has 6 nitrogen and oxygen atoms in total. The van der Waals surface area contributed by atoms with Crippen molar-refractivity contribution < 1.29 is 20.1 Å². The first-order valence-corrected chi connectivity index (χ1v) is 7.91. The molecule has 0 spiro atoms. The molecule has 0 saturated carbocycles. The van der Waals surface area contributed by atoms with Gasteiger partial charge in [-0.25, -0.2) is 0 Å². The Bertz CT molecular complexity index is 938. The summed E-state index contributed by atoms with van der Waals surface area (Å²) < 4.78 is 3.81. The number of imidazole rings is 2. The molecule has 0 unspecified atom stereocenters. The van der Waals surface area contributed by atoms with E-state index in [9.17, 15) is 0 Å². The summed E-state index contributed by atoms with van der Waals surface area (Å²) in [7, 11) is 3.87. The van der Waals surface area contributed by atoms with Gasteiger partial charge in [0.25, 0.3) is 0 Å². The van der Waals surface area contributed by atoms with Gasteiger partial charge < -0.3 is 29.1 Å². The molecule has 4 heterocycles. The van der Waals surface area contributed by atoms with Gasteiger partial charge in [0.15, 0.2) is 0 Å². The normalized spacial score (nSPS) is 10.5. The van der Waals surface area contributed by atoms with Gasteiger partial charge >= 0.3 is 0 Å². The Hall–Kier alpha value is -2.63. The monoisotopic (exact) mass is 521 g/mol. The Morgan fingerprint density at radius 1 is 0.769 bits per heavy atom. The van der Waals surface area contributed by atoms with E-state index in [2.05, 4.69) is 22.4 Å². The molecule has 0 aliphatic carbocycles. The van der Waals surface area contributed by atoms with Crippen LogP contribution in [-0.4, -0.2) is 29.1 Å². The minimum Gasteiger partial charge on any atom is -0.405 e. The number of hydrogen-bond donors (Lipinski definition) is 0. The number of aryl methyl sites for hydroxylation is 2. The van der Waals surface area contributed by atoms with Crippen LogP contribution in [0.2, 0.25) is 0 Å². The molecule has 1 radical (unpaired) electrons. The van der Waals surface area contributed by atoms with E-state index in [1.54, 1.807) is 12.7 Å². The Labute approximate surface area is 165 Å². The van der Waals surface area contributed by atoms with Crippen molar-refractivity contribution in [2.45, 2.75) is 6.42 Å². The molecule has 4 aromatic rings. The smallest absolute Gasteiger partial charge is 0.0320 e. The molecule has 0 aliphatic rings. The Morgan fingerprint density at radius 3 is 1.62 bits per heavy atom. The van der Waals surface area contributed by atoms with Crippen LogP contribution in [0.1, 0.15) is 11.4 Å². The minimum atomic E-state index is 0. The van der Waals surface area contributed by atoms with Crippen molar-refractivity contribution >= 4 is 0 Å². The molecule has 0 saturated heterocycles. The summed E-state index contributed by atoms with van der Waals surface area (Å²) in [5, 5.41) is 0. The Kier molecular flexibility index (Phi) is 5.40. The van der Waals surface area contributed by atoms with E-state index < -0.39 is 0 Å². The van der Waals surface area contributed by atoms with E-state index in [0.717, 1.165) is 34.2 Å². The van der Waals surface area contributed by atoms with E-state index in [1.807, 2.05) is 59.6 Å². The van der Waals surface area contributed by atoms with Crippen LogP contribution < -0.4 is 0 Å². The van der Waals surface area contributed by atoms with Crippen LogP contribution in [0.5, 0.6) is 0 Å². The molecule has 4 aromatic heterocycles. The first-order chi connectivity index (χ1) is 12.2. The summed E-state index contributed by atoms with van der Waals surface area (Å²) in [4.78, 5) is 17.5. The third-order valence-corrected chi connectivity index (χ3v) is 3.97. The van der Waals surface area contributed by atoms with Crippen LogP contribution in [0.3, 0.4) is 0 Å². The van der Waals surface area contributed by atoms with Crippen molar-refractivity contribution in [2.75, 3.05) is 0 Å². The van der Waals surface area contributed by atoms with E-state index >= 15 is 0 Å². The van der Waals surface area contributed by atoms with Crippen molar-refractivity contribution in [3.8, 4) is 22.8 Å². The number of hydrogen-bond acceptors (Lipinski definition) is 4. The Balaban J connectivity index is 0.00000196. The first-order valence-electron chi connectivity index (χ1n) is 7.91. The van der Waals surface area contributed by atoms with Crippen LogP contribution in [0.15, 0.2) is 49.1 Å². The van der Waals surface area contributed by atoms with Crippen molar-refractivity contribution in [3.05, 3.63) is 72.8 Å². The van der Waals surface area contributed by atoms with Crippen molar-refractivity contribution in [1.29, 1.82) is 0 Å². The van der Waals surface area contributed by atoms with Crippen LogP contribution in [0, 0.1) is 12.4 Å². The van der Waals surface area contributed by atoms with E-state index in [4.69, 9.17) is 9.97 Å². The number of pyridine rings is 2. The molecule has 0 atom stereocenters. The summed E-state index contributed by atoms with van der Waals surface area (Å²) >= 11 is 0. The van der Waals surface area contributed by atoms with Crippen LogP contribution in [-0.2, 0) is 40.6 Å². The maximum absolute atomic E-state index is 4.72. The second-order valence-electron chi connectivity index (χ2n) is 5.84. The van der Waals surface area contributed by atoms with Gasteiger partial charge in [-0.05, 0) is 61.7 Å². The zero-order valence-electron chi connectivity index (χ0n) is 14.3. The quantitative estimate of drug-likeness (QED) is 0.388. The van der Waals surface area contributed by atoms with Crippen molar-refractivity contribution in [1.82, 2.24) is 29.1 Å². The van der Waals surface area contributed by atoms with Gasteiger partial charge in [0, 0.05) is 37.9 Å². The van der Waals surface area contributed by atoms with Crippen molar-refractivity contribution in [3.63, 3.8) is 0 Å². The topological polar surface area (TPSA) is 61.4 Å². The molecule has 7 heteroatoms. The maximum Gasteiger partial charge on any atom is 0.0320 e. The molecule has 0 fully saturated rings. The number of aromatic nitrogens is 6. The molecule has 0 aromatic carbocycles. The zero-order valence-corrected chi connectivity index (χ0v) is 16.7. The van der Waals surface area contributed by atoms with Crippen LogP contribution in [0.25, 0.3) is 22.8 Å². The Morgan fingerprint density at radius 2 is 1.23 bits per heavy atom. The summed E-state index contributed by atoms with van der Waals surface area (Å²) in [6.45, 7) is 0. The van der Waals surface area contributed by atoms with Gasteiger partial charge in [-0.3, -0.25) is 0 Å². The molecule has 0 aliphatic heterocycles. The summed E-state index contributed by atoms with van der Waals surface area (Å²) in [5.41, 5.74) is 5.35. The van der Waals surface area contributed by atoms with Gasteiger partial charge in [0.1, 0.15) is 0 Å². The zero-order chi connectivity index (χ0) is 17.2. The van der Waals surface area contributed by atoms with Crippen LogP contribution >= 0.6 is 0 Å². The maximum atomic E-state index is 4.72. The van der Waals surface area contributed by atoms with E-state index in [0.29, 0.717) is 6.42 Å². The van der Waals surface area contributed by atoms with Crippen LogP contribution in [0.4, 0.5) is 0 Å². The second kappa shape index (κ2) is 7.72. The van der Waals surface area contributed by atoms with Crippen molar-refractivity contribution in [2.24, 2.45) is 14.1 Å². The third-order valence-electron chi connectivity index (χ3n) is 3.97. The fourth-order valence-corrected chi connectivity index (χ4v) is 2.71. The molecule has 0 N–H and O–H groups in total. The van der Waals surface area contributed by atoms with Gasteiger partial charge in [-0.1, -0.05) is 36.7 Å². The predicted molar refractivity (Wildman–Crippen MR) is 93.4 cm³/mol. The molecular weight excluding hydrogens is 504 g/mol. The first kappa shape index (κ1) is 18.2. The second-order valence-corrected chi connectivity index (χ2v) is 5.84. The summed E-state index contributed by atoms with van der Waals surface area (Å²) in [6, 6.07) is 11.9. The SMILES string of the molecule is Cn1cn[c-]c1-c1cccc(Cc2cccc(-c3[c-]ncn3C)n2)n1.[Ir]. The fraction of sp³-hybridized carbons (Fsp3) is 0.158. The average Bonchev–Trinajstić information content (AvgIpc) is 3.23. The molecule has 4 rings (SSSR count). The van der Waals surface area contributed by atoms with Gasteiger partial charge in [-0.15, -0.1) is 0 Å². The molecule has 26 heavy (non-hydrogen) atoms. The standard InChI is InChI=1S/C19H16N6.Ir/c1-24-12-20-10-18(24)16-7-3-5-14(22-16)9-15-6-4-8-17(23-15)19-11-21-13-25(19)2;/h3-8,12-13H,9H2,1-2H3;/q-2;. The van der Waals surface area contributed by atoms with Gasteiger partial charge in [0.2, 0.25) is 0 Å². The summed E-state index contributed by atoms with van der Waals surface area (Å²) in [6.07, 6.45) is 10.0. The largest absolute Gasteiger partial charge is 0.405 e. The molecular formula is C19H16IrN6-2.